The fraction of sp³-hybridized carbons (Fsp3) is 0.118. The van der Waals surface area contributed by atoms with Crippen molar-refractivity contribution in [3.63, 3.8) is 0 Å². The van der Waals surface area contributed by atoms with Crippen molar-refractivity contribution in [2.24, 2.45) is 0 Å². The highest BCUT2D eigenvalue weighted by molar-refractivity contribution is 7.80. The number of anilines is 1. The number of hydrogen-bond acceptors (Lipinski definition) is 4. The van der Waals surface area contributed by atoms with Crippen LogP contribution in [0.5, 0.6) is 5.75 Å². The molecule has 2 aromatic carbocycles. The molecule has 0 aliphatic heterocycles. The van der Waals surface area contributed by atoms with E-state index < -0.39 is 11.9 Å². The van der Waals surface area contributed by atoms with Crippen molar-refractivity contribution in [3.8, 4) is 5.75 Å². The lowest BCUT2D eigenvalue weighted by Gasteiger charge is -2.14. The molecule has 0 saturated carbocycles. The summed E-state index contributed by atoms with van der Waals surface area (Å²) >= 11 is 16.8. The summed E-state index contributed by atoms with van der Waals surface area (Å²) in [7, 11) is 0. The Hall–Kier alpha value is -2.35. The van der Waals surface area contributed by atoms with Crippen LogP contribution >= 0.6 is 35.4 Å². The normalized spacial score (nSPS) is 10.1. The first-order valence-electron chi connectivity index (χ1n) is 7.29. The fourth-order valence-corrected chi connectivity index (χ4v) is 2.80. The van der Waals surface area contributed by atoms with Gasteiger partial charge in [-0.05, 0) is 42.9 Å². The zero-order valence-electron chi connectivity index (χ0n) is 13.5. The third kappa shape index (κ3) is 5.32. The molecule has 0 bridgehead atoms. The molecule has 9 heteroatoms. The van der Waals surface area contributed by atoms with Crippen molar-refractivity contribution in [1.82, 2.24) is 5.32 Å². The molecule has 0 spiro atoms. The van der Waals surface area contributed by atoms with Gasteiger partial charge in [-0.1, -0.05) is 41.4 Å². The lowest BCUT2D eigenvalue weighted by atomic mass is 10.2. The number of aryl methyl sites for hydroxylation is 1. The zero-order chi connectivity index (χ0) is 19.3. The van der Waals surface area contributed by atoms with Crippen LogP contribution in [0.25, 0.3) is 0 Å². The fourth-order valence-electron chi connectivity index (χ4n) is 2.04. The highest BCUT2D eigenvalue weighted by Crippen LogP contribution is 2.30. The molecule has 6 nitrogen and oxygen atoms in total. The van der Waals surface area contributed by atoms with Gasteiger partial charge in [0.1, 0.15) is 5.75 Å². The molecule has 1 amide bonds. The average Bonchev–Trinajstić information content (AvgIpc) is 2.56. The van der Waals surface area contributed by atoms with Gasteiger partial charge in [0.05, 0.1) is 16.3 Å². The number of nitrogens with one attached hydrogen (secondary N) is 2. The van der Waals surface area contributed by atoms with Crippen LogP contribution in [0.1, 0.15) is 15.9 Å². The van der Waals surface area contributed by atoms with Crippen LogP contribution in [0.2, 0.25) is 10.0 Å². The van der Waals surface area contributed by atoms with E-state index in [1.54, 1.807) is 12.1 Å². The van der Waals surface area contributed by atoms with Gasteiger partial charge < -0.3 is 15.2 Å². The third-order valence-electron chi connectivity index (χ3n) is 3.23. The van der Waals surface area contributed by atoms with Crippen LogP contribution in [0.4, 0.5) is 5.69 Å². The highest BCUT2D eigenvalue weighted by atomic mass is 35.5. The molecular formula is C17H14Cl2N2O4S. The van der Waals surface area contributed by atoms with Crippen LogP contribution in [-0.4, -0.2) is 28.7 Å². The van der Waals surface area contributed by atoms with Gasteiger partial charge in [0.15, 0.2) is 11.7 Å². The van der Waals surface area contributed by atoms with Gasteiger partial charge in [-0.3, -0.25) is 10.1 Å². The molecule has 0 aromatic heterocycles. The number of halogens is 2. The molecule has 2 aromatic rings. The summed E-state index contributed by atoms with van der Waals surface area (Å²) in [6.45, 7) is 1.60. The smallest absolute Gasteiger partial charge is 0.337 e. The van der Waals surface area contributed by atoms with E-state index in [0.29, 0.717) is 5.75 Å². The zero-order valence-corrected chi connectivity index (χ0v) is 15.8. The first-order chi connectivity index (χ1) is 12.3. The van der Waals surface area contributed by atoms with Gasteiger partial charge in [0.25, 0.3) is 5.91 Å². The minimum atomic E-state index is -1.24. The Labute approximate surface area is 165 Å². The van der Waals surface area contributed by atoms with Gasteiger partial charge in [-0.2, -0.15) is 0 Å². The Morgan fingerprint density at radius 3 is 2.58 bits per heavy atom. The number of carbonyl (C=O) groups excluding carboxylic acids is 1. The first-order valence-corrected chi connectivity index (χ1v) is 8.46. The second-order valence-corrected chi connectivity index (χ2v) is 6.42. The predicted molar refractivity (Wildman–Crippen MR) is 104 cm³/mol. The number of carboxylic acids is 1. The van der Waals surface area contributed by atoms with E-state index in [0.717, 1.165) is 5.56 Å². The van der Waals surface area contributed by atoms with E-state index in [4.69, 9.17) is 40.2 Å². The van der Waals surface area contributed by atoms with Crippen molar-refractivity contribution < 1.29 is 19.4 Å². The first kappa shape index (κ1) is 20.0. The summed E-state index contributed by atoms with van der Waals surface area (Å²) in [6.07, 6.45) is 0. The van der Waals surface area contributed by atoms with Crippen LogP contribution < -0.4 is 15.4 Å². The SMILES string of the molecule is Cc1ccccc1OCC(=O)NC(=S)Nc1c(Cl)cc(Cl)cc1C(=O)O. The van der Waals surface area contributed by atoms with Crippen LogP contribution in [-0.2, 0) is 4.79 Å². The summed E-state index contributed by atoms with van der Waals surface area (Å²) in [5, 5.41) is 14.3. The van der Waals surface area contributed by atoms with E-state index in [1.165, 1.54) is 12.1 Å². The number of ether oxygens (including phenoxy) is 1. The monoisotopic (exact) mass is 412 g/mol. The molecule has 0 radical (unpaired) electrons. The van der Waals surface area contributed by atoms with Gasteiger partial charge >= 0.3 is 5.97 Å². The van der Waals surface area contributed by atoms with E-state index in [2.05, 4.69) is 10.6 Å². The van der Waals surface area contributed by atoms with E-state index in [9.17, 15) is 14.7 Å². The van der Waals surface area contributed by atoms with Crippen LogP contribution in [0.3, 0.4) is 0 Å². The number of amides is 1. The maximum atomic E-state index is 12.0. The summed E-state index contributed by atoms with van der Waals surface area (Å²) < 4.78 is 5.41. The molecular weight excluding hydrogens is 399 g/mol. The predicted octanol–water partition coefficient (Wildman–Crippen LogP) is 3.89. The molecule has 0 saturated heterocycles. The van der Waals surface area contributed by atoms with Crippen molar-refractivity contribution in [3.05, 3.63) is 57.6 Å². The standard InChI is InChI=1S/C17H14Cl2N2O4S/c1-9-4-2-3-5-13(9)25-8-14(22)20-17(26)21-15-11(16(23)24)6-10(18)7-12(15)19/h2-7H,8H2,1H3,(H,23,24)(H2,20,21,22,26). The van der Waals surface area contributed by atoms with Gasteiger partial charge in [0, 0.05) is 5.02 Å². The lowest BCUT2D eigenvalue weighted by Crippen LogP contribution is -2.37. The summed E-state index contributed by atoms with van der Waals surface area (Å²) in [4.78, 5) is 23.3. The number of rotatable bonds is 5. The van der Waals surface area contributed by atoms with E-state index in [-0.39, 0.29) is 33.0 Å². The second-order valence-electron chi connectivity index (χ2n) is 5.17. The van der Waals surface area contributed by atoms with Crippen molar-refractivity contribution in [2.45, 2.75) is 6.92 Å². The molecule has 0 fully saturated rings. The summed E-state index contributed by atoms with van der Waals surface area (Å²) in [6, 6.07) is 9.84. The Morgan fingerprint density at radius 2 is 1.92 bits per heavy atom. The topological polar surface area (TPSA) is 87.7 Å². The molecule has 136 valence electrons. The quantitative estimate of drug-likeness (QED) is 0.645. The van der Waals surface area contributed by atoms with E-state index >= 15 is 0 Å². The average molecular weight is 413 g/mol. The van der Waals surface area contributed by atoms with Gasteiger partial charge in [-0.15, -0.1) is 0 Å². The maximum Gasteiger partial charge on any atom is 0.337 e. The number of carbonyl (C=O) groups is 2. The van der Waals surface area contributed by atoms with Crippen molar-refractivity contribution in [1.29, 1.82) is 0 Å². The Bertz CT molecular complexity index is 874. The van der Waals surface area contributed by atoms with Crippen LogP contribution in [0, 0.1) is 6.92 Å². The Balaban J connectivity index is 2.00. The van der Waals surface area contributed by atoms with Crippen molar-refractivity contribution in [2.75, 3.05) is 11.9 Å². The Morgan fingerprint density at radius 1 is 1.23 bits per heavy atom. The van der Waals surface area contributed by atoms with E-state index in [1.807, 2.05) is 19.1 Å². The number of aromatic carboxylic acids is 1. The molecule has 0 aliphatic carbocycles. The molecule has 0 aliphatic rings. The summed E-state index contributed by atoms with van der Waals surface area (Å²) in [5.74, 6) is -1.17. The number of para-hydroxylation sites is 1. The second kappa shape index (κ2) is 8.84. The van der Waals surface area contributed by atoms with Crippen molar-refractivity contribution >= 4 is 58.1 Å². The summed E-state index contributed by atoms with van der Waals surface area (Å²) in [5.41, 5.74) is 0.754. The van der Waals surface area contributed by atoms with Gasteiger partial charge in [-0.25, -0.2) is 4.79 Å². The molecule has 0 unspecified atom stereocenters. The molecule has 0 atom stereocenters. The molecule has 2 rings (SSSR count). The van der Waals surface area contributed by atoms with Crippen LogP contribution in [0.15, 0.2) is 36.4 Å². The highest BCUT2D eigenvalue weighted by Gasteiger charge is 2.17. The minimum Gasteiger partial charge on any atom is -0.483 e. The lowest BCUT2D eigenvalue weighted by molar-refractivity contribution is -0.121. The minimum absolute atomic E-state index is 0.0358. The number of hydrogen-bond donors (Lipinski definition) is 3. The van der Waals surface area contributed by atoms with Gasteiger partial charge in [0.2, 0.25) is 0 Å². The number of thiocarbonyl (C=S) groups is 1. The molecule has 26 heavy (non-hydrogen) atoms. The largest absolute Gasteiger partial charge is 0.483 e. The Kier molecular flexibility index (Phi) is 6.79. The molecule has 3 N–H and O–H groups in total. The maximum absolute atomic E-state index is 12.0. The number of carboxylic acid groups (broad SMARTS) is 1. The molecule has 0 heterocycles. The third-order valence-corrected chi connectivity index (χ3v) is 3.95. The number of benzene rings is 2.